The van der Waals surface area contributed by atoms with Crippen molar-refractivity contribution in [3.05, 3.63) is 83.0 Å². The molecule has 2 heterocycles. The largest absolute Gasteiger partial charge is 0.497 e. The zero-order chi connectivity index (χ0) is 22.6. The Bertz CT molecular complexity index is 1210. The topological polar surface area (TPSA) is 21.7 Å². The Hall–Kier alpha value is -2.89. The van der Waals surface area contributed by atoms with Gasteiger partial charge in [0.05, 0.1) is 7.11 Å². The summed E-state index contributed by atoms with van der Waals surface area (Å²) in [6.45, 7) is 4.08. The van der Waals surface area contributed by atoms with Crippen molar-refractivity contribution in [2.24, 2.45) is 0 Å². The predicted octanol–water partition coefficient (Wildman–Crippen LogP) is 6.78. The summed E-state index contributed by atoms with van der Waals surface area (Å²) in [5.41, 5.74) is 3.49. The Balaban J connectivity index is 1.42. The van der Waals surface area contributed by atoms with Crippen LogP contribution in [0.2, 0.25) is 0 Å². The van der Waals surface area contributed by atoms with Gasteiger partial charge in [0.25, 0.3) is 0 Å². The minimum Gasteiger partial charge on any atom is -0.497 e. The lowest BCUT2D eigenvalue weighted by atomic mass is 9.99. The third kappa shape index (κ3) is 5.05. The van der Waals surface area contributed by atoms with E-state index in [2.05, 4.69) is 41.3 Å². The minimum atomic E-state index is -0.208. The van der Waals surface area contributed by atoms with Crippen LogP contribution >= 0.6 is 11.3 Å². The number of halogens is 1. The van der Waals surface area contributed by atoms with Crippen molar-refractivity contribution in [1.29, 1.82) is 0 Å². The smallest absolute Gasteiger partial charge is 0.123 e. The zero-order valence-electron chi connectivity index (χ0n) is 18.9. The summed E-state index contributed by atoms with van der Waals surface area (Å²) in [7, 11) is 1.69. The Kier molecular flexibility index (Phi) is 6.60. The average Bonchev–Trinajstić information content (AvgIpc) is 3.48. The molecule has 0 bridgehead atoms. The second-order valence-electron chi connectivity index (χ2n) is 8.49. The van der Waals surface area contributed by atoms with Crippen LogP contribution in [0.25, 0.3) is 21.2 Å². The summed E-state index contributed by atoms with van der Waals surface area (Å²) >= 11 is 1.77. The molecule has 1 aliphatic rings. The first-order chi connectivity index (χ1) is 16.2. The number of benzene rings is 3. The third-order valence-electron chi connectivity index (χ3n) is 6.27. The van der Waals surface area contributed by atoms with Gasteiger partial charge in [0.2, 0.25) is 0 Å². The van der Waals surface area contributed by atoms with Gasteiger partial charge >= 0.3 is 0 Å². The number of thiophene rings is 1. The van der Waals surface area contributed by atoms with E-state index >= 15 is 0 Å². The Labute approximate surface area is 198 Å². The van der Waals surface area contributed by atoms with E-state index in [1.165, 1.54) is 58.6 Å². The molecule has 170 valence electrons. The number of likely N-dealkylation sites (tertiary alicyclic amines) is 1. The minimum absolute atomic E-state index is 0.208. The number of hydrogen-bond acceptors (Lipinski definition) is 4. The van der Waals surface area contributed by atoms with Crippen molar-refractivity contribution in [1.82, 2.24) is 4.90 Å². The maximum atomic E-state index is 13.4. The molecule has 1 aliphatic heterocycles. The second-order valence-corrected chi connectivity index (χ2v) is 9.62. The van der Waals surface area contributed by atoms with Crippen LogP contribution in [0, 0.1) is 5.82 Å². The third-order valence-corrected chi connectivity index (χ3v) is 7.42. The summed E-state index contributed by atoms with van der Waals surface area (Å²) in [5.74, 6) is 1.55. The van der Waals surface area contributed by atoms with Crippen LogP contribution in [0.4, 0.5) is 4.39 Å². The highest BCUT2D eigenvalue weighted by atomic mass is 32.1. The molecule has 1 saturated heterocycles. The molecule has 3 nitrogen and oxygen atoms in total. The van der Waals surface area contributed by atoms with Crippen LogP contribution in [0.3, 0.4) is 0 Å². The molecule has 33 heavy (non-hydrogen) atoms. The van der Waals surface area contributed by atoms with Crippen LogP contribution in [0.15, 0.2) is 66.7 Å². The van der Waals surface area contributed by atoms with Crippen molar-refractivity contribution in [2.45, 2.75) is 19.3 Å². The molecule has 0 radical (unpaired) electrons. The van der Waals surface area contributed by atoms with Crippen molar-refractivity contribution in [2.75, 3.05) is 33.4 Å². The maximum absolute atomic E-state index is 13.4. The lowest BCUT2D eigenvalue weighted by Crippen LogP contribution is -2.25. The summed E-state index contributed by atoms with van der Waals surface area (Å²) < 4.78 is 26.0. The number of fused-ring (bicyclic) bond motifs is 1. The summed E-state index contributed by atoms with van der Waals surface area (Å²) in [5, 5.41) is 1.21. The van der Waals surface area contributed by atoms with Crippen molar-refractivity contribution in [3.63, 3.8) is 0 Å². The van der Waals surface area contributed by atoms with Gasteiger partial charge in [-0.05, 0) is 79.5 Å². The number of rotatable bonds is 8. The van der Waals surface area contributed by atoms with E-state index in [-0.39, 0.29) is 5.82 Å². The quantitative estimate of drug-likeness (QED) is 0.289. The molecule has 0 N–H and O–H groups in total. The van der Waals surface area contributed by atoms with Crippen LogP contribution < -0.4 is 9.47 Å². The molecule has 3 aromatic carbocycles. The van der Waals surface area contributed by atoms with E-state index < -0.39 is 0 Å². The van der Waals surface area contributed by atoms with E-state index in [1.807, 2.05) is 18.2 Å². The first-order valence-corrected chi connectivity index (χ1v) is 12.3. The second kappa shape index (κ2) is 9.94. The molecule has 0 aliphatic carbocycles. The number of ether oxygens (including phenoxy) is 2. The summed E-state index contributed by atoms with van der Waals surface area (Å²) in [6, 6.07) is 21.4. The first kappa shape index (κ1) is 21.9. The van der Waals surface area contributed by atoms with Gasteiger partial charge in [0, 0.05) is 33.5 Å². The van der Waals surface area contributed by atoms with Gasteiger partial charge < -0.3 is 9.47 Å². The molecule has 5 rings (SSSR count). The average molecular weight is 462 g/mol. The van der Waals surface area contributed by atoms with E-state index in [0.29, 0.717) is 0 Å². The number of nitrogens with zero attached hydrogens (tertiary/aromatic N) is 1. The first-order valence-electron chi connectivity index (χ1n) is 11.5. The maximum Gasteiger partial charge on any atom is 0.123 e. The van der Waals surface area contributed by atoms with E-state index in [1.54, 1.807) is 18.4 Å². The van der Waals surface area contributed by atoms with E-state index in [4.69, 9.17) is 9.47 Å². The van der Waals surface area contributed by atoms with Crippen LogP contribution in [0.1, 0.15) is 23.3 Å². The highest BCUT2D eigenvalue weighted by Crippen LogP contribution is 2.41. The fraction of sp³-hybridized carbons (Fsp3) is 0.286. The molecule has 0 amide bonds. The highest BCUT2D eigenvalue weighted by molar-refractivity contribution is 7.19. The molecular weight excluding hydrogens is 433 g/mol. The van der Waals surface area contributed by atoms with Gasteiger partial charge in [-0.3, -0.25) is 4.90 Å². The number of methoxy groups -OCH3 is 1. The standard InChI is InChI=1S/C28H28FNO2S/c1-31-24-12-13-25-26(19-24)33-27(18-20-4-8-22(29)9-5-20)28(25)21-6-10-23(11-7-21)32-17-16-30-14-2-3-15-30/h4-13,19H,2-3,14-18H2,1H3. The molecule has 0 atom stereocenters. The van der Waals surface area contributed by atoms with Crippen molar-refractivity contribution in [3.8, 4) is 22.6 Å². The lowest BCUT2D eigenvalue weighted by Gasteiger charge is -2.15. The summed E-state index contributed by atoms with van der Waals surface area (Å²) in [4.78, 5) is 3.72. The molecule has 0 saturated carbocycles. The van der Waals surface area contributed by atoms with Gasteiger partial charge in [0.1, 0.15) is 23.9 Å². The Morgan fingerprint density at radius 2 is 1.64 bits per heavy atom. The molecular formula is C28H28FNO2S. The van der Waals surface area contributed by atoms with Gasteiger partial charge in [-0.2, -0.15) is 0 Å². The fourth-order valence-corrected chi connectivity index (χ4v) is 5.79. The number of hydrogen-bond donors (Lipinski definition) is 0. The lowest BCUT2D eigenvalue weighted by molar-refractivity contribution is 0.238. The predicted molar refractivity (Wildman–Crippen MR) is 134 cm³/mol. The van der Waals surface area contributed by atoms with E-state index in [9.17, 15) is 4.39 Å². The molecule has 0 spiro atoms. The van der Waals surface area contributed by atoms with Crippen LogP contribution in [-0.2, 0) is 6.42 Å². The Morgan fingerprint density at radius 1 is 0.909 bits per heavy atom. The SMILES string of the molecule is COc1ccc2c(-c3ccc(OCCN4CCCC4)cc3)c(Cc3ccc(F)cc3)sc2c1. The van der Waals surface area contributed by atoms with Crippen molar-refractivity contribution < 1.29 is 13.9 Å². The van der Waals surface area contributed by atoms with E-state index in [0.717, 1.165) is 42.2 Å². The zero-order valence-corrected chi connectivity index (χ0v) is 19.7. The van der Waals surface area contributed by atoms with Gasteiger partial charge in [-0.15, -0.1) is 11.3 Å². The normalized spacial score (nSPS) is 14.1. The molecule has 4 aromatic rings. The van der Waals surface area contributed by atoms with Gasteiger partial charge in [-0.1, -0.05) is 24.3 Å². The molecule has 0 unspecified atom stereocenters. The van der Waals surface area contributed by atoms with Gasteiger partial charge in [-0.25, -0.2) is 4.39 Å². The van der Waals surface area contributed by atoms with Gasteiger partial charge in [0.15, 0.2) is 0 Å². The highest BCUT2D eigenvalue weighted by Gasteiger charge is 2.16. The molecule has 1 fully saturated rings. The van der Waals surface area contributed by atoms with Crippen LogP contribution in [0.5, 0.6) is 11.5 Å². The van der Waals surface area contributed by atoms with Crippen LogP contribution in [-0.4, -0.2) is 38.3 Å². The molecule has 5 heteroatoms. The monoisotopic (exact) mass is 461 g/mol. The molecule has 1 aromatic heterocycles. The Morgan fingerprint density at radius 3 is 2.36 bits per heavy atom. The summed E-state index contributed by atoms with van der Waals surface area (Å²) in [6.07, 6.45) is 3.36. The van der Waals surface area contributed by atoms with Crippen molar-refractivity contribution >= 4 is 21.4 Å². The fourth-order valence-electron chi connectivity index (χ4n) is 4.50.